The van der Waals surface area contributed by atoms with E-state index in [0.717, 1.165) is 48.3 Å². The van der Waals surface area contributed by atoms with E-state index in [9.17, 15) is 4.79 Å². The third kappa shape index (κ3) is 4.49. The number of rotatable bonds is 5. The van der Waals surface area contributed by atoms with E-state index in [-0.39, 0.29) is 5.91 Å². The Labute approximate surface area is 172 Å². The van der Waals surface area contributed by atoms with Gasteiger partial charge in [-0.2, -0.15) is 0 Å². The average Bonchev–Trinajstić information content (AvgIpc) is 3.24. The molecule has 1 fully saturated rings. The maximum Gasteiger partial charge on any atom is 0.271 e. The predicted molar refractivity (Wildman–Crippen MR) is 111 cm³/mol. The molecule has 2 aromatic heterocycles. The molecule has 1 aliphatic rings. The van der Waals surface area contributed by atoms with Crippen LogP contribution in [0.4, 0.5) is 5.82 Å². The second-order valence-corrected chi connectivity index (χ2v) is 7.65. The van der Waals surface area contributed by atoms with Crippen molar-refractivity contribution in [1.82, 2.24) is 15.3 Å². The van der Waals surface area contributed by atoms with E-state index in [4.69, 9.17) is 16.3 Å². The Morgan fingerprint density at radius 1 is 1.18 bits per heavy atom. The molecular formula is C20H19ClN4O2S. The van der Waals surface area contributed by atoms with E-state index in [2.05, 4.69) is 20.2 Å². The third-order valence-corrected chi connectivity index (χ3v) is 5.57. The van der Waals surface area contributed by atoms with Gasteiger partial charge in [0.2, 0.25) is 0 Å². The van der Waals surface area contributed by atoms with E-state index in [0.29, 0.717) is 17.3 Å². The number of nitrogens with zero attached hydrogens (tertiary/aromatic N) is 3. The first-order chi connectivity index (χ1) is 13.7. The molecule has 1 N–H and O–H groups in total. The van der Waals surface area contributed by atoms with Crippen molar-refractivity contribution in [3.63, 3.8) is 0 Å². The minimum absolute atomic E-state index is 0.200. The van der Waals surface area contributed by atoms with Crippen LogP contribution in [0.1, 0.15) is 16.1 Å². The SMILES string of the molecule is O=C(NCc1ccc(N2CCOCC2)nc1)c1csc(-c2ccc(Cl)cc2)n1. The number of nitrogens with one attached hydrogen (secondary N) is 1. The van der Waals surface area contributed by atoms with Gasteiger partial charge < -0.3 is 15.0 Å². The van der Waals surface area contributed by atoms with Gasteiger partial charge in [-0.1, -0.05) is 29.8 Å². The van der Waals surface area contributed by atoms with E-state index < -0.39 is 0 Å². The van der Waals surface area contributed by atoms with Crippen LogP contribution in [0.25, 0.3) is 10.6 Å². The number of benzene rings is 1. The second-order valence-electron chi connectivity index (χ2n) is 6.35. The number of aromatic nitrogens is 2. The first kappa shape index (κ1) is 18.9. The molecule has 3 heterocycles. The van der Waals surface area contributed by atoms with Crippen LogP contribution in [-0.4, -0.2) is 42.2 Å². The highest BCUT2D eigenvalue weighted by Gasteiger charge is 2.13. The van der Waals surface area contributed by atoms with E-state index in [1.165, 1.54) is 11.3 Å². The number of hydrogen-bond donors (Lipinski definition) is 1. The van der Waals surface area contributed by atoms with Crippen LogP contribution >= 0.6 is 22.9 Å². The van der Waals surface area contributed by atoms with Crippen LogP contribution in [0.2, 0.25) is 5.02 Å². The zero-order valence-electron chi connectivity index (χ0n) is 15.1. The molecule has 28 heavy (non-hydrogen) atoms. The lowest BCUT2D eigenvalue weighted by molar-refractivity contribution is 0.0946. The van der Waals surface area contributed by atoms with Gasteiger partial charge in [0.15, 0.2) is 0 Å². The number of amides is 1. The summed E-state index contributed by atoms with van der Waals surface area (Å²) in [5.74, 6) is 0.735. The number of hydrogen-bond acceptors (Lipinski definition) is 6. The topological polar surface area (TPSA) is 67.4 Å². The highest BCUT2D eigenvalue weighted by molar-refractivity contribution is 7.13. The molecule has 0 unspecified atom stereocenters. The second kappa shape index (κ2) is 8.68. The lowest BCUT2D eigenvalue weighted by Crippen LogP contribution is -2.36. The van der Waals surface area contributed by atoms with Crippen LogP contribution in [0.5, 0.6) is 0 Å². The number of carbonyl (C=O) groups excluding carboxylic acids is 1. The highest BCUT2D eigenvalue weighted by atomic mass is 35.5. The number of anilines is 1. The van der Waals surface area contributed by atoms with Crippen LogP contribution in [0.15, 0.2) is 48.0 Å². The van der Waals surface area contributed by atoms with Gasteiger partial charge in [0.05, 0.1) is 13.2 Å². The number of halogens is 1. The molecule has 1 aromatic carbocycles. The molecule has 0 saturated carbocycles. The summed E-state index contributed by atoms with van der Waals surface area (Å²) in [6.07, 6.45) is 1.80. The van der Waals surface area contributed by atoms with Gasteiger partial charge in [0.1, 0.15) is 16.5 Å². The third-order valence-electron chi connectivity index (χ3n) is 4.43. The van der Waals surface area contributed by atoms with Crippen LogP contribution < -0.4 is 10.2 Å². The lowest BCUT2D eigenvalue weighted by atomic mass is 10.2. The molecule has 0 spiro atoms. The zero-order chi connectivity index (χ0) is 19.3. The number of ether oxygens (including phenoxy) is 1. The Balaban J connectivity index is 1.34. The number of pyridine rings is 1. The maximum atomic E-state index is 12.4. The molecule has 0 atom stereocenters. The Kier molecular flexibility index (Phi) is 5.85. The molecule has 6 nitrogen and oxygen atoms in total. The summed E-state index contributed by atoms with van der Waals surface area (Å²) in [5, 5.41) is 6.12. The van der Waals surface area contributed by atoms with Crippen molar-refractivity contribution in [3.8, 4) is 10.6 Å². The van der Waals surface area contributed by atoms with E-state index in [1.54, 1.807) is 11.6 Å². The molecule has 144 valence electrons. The monoisotopic (exact) mass is 414 g/mol. The molecule has 1 aliphatic heterocycles. The summed E-state index contributed by atoms with van der Waals surface area (Å²) in [4.78, 5) is 23.5. The Hall–Kier alpha value is -2.48. The van der Waals surface area contributed by atoms with Crippen LogP contribution in [0, 0.1) is 0 Å². The van der Waals surface area contributed by atoms with Crippen molar-refractivity contribution in [1.29, 1.82) is 0 Å². The van der Waals surface area contributed by atoms with Crippen LogP contribution in [0.3, 0.4) is 0 Å². The summed E-state index contributed by atoms with van der Waals surface area (Å²) in [5.41, 5.74) is 2.29. The first-order valence-corrected chi connectivity index (χ1v) is 10.2. The Morgan fingerprint density at radius 3 is 2.68 bits per heavy atom. The number of carbonyl (C=O) groups is 1. The lowest BCUT2D eigenvalue weighted by Gasteiger charge is -2.27. The summed E-state index contributed by atoms with van der Waals surface area (Å²) < 4.78 is 5.36. The van der Waals surface area contributed by atoms with Crippen LogP contribution in [-0.2, 0) is 11.3 Å². The highest BCUT2D eigenvalue weighted by Crippen LogP contribution is 2.25. The van der Waals surface area contributed by atoms with Gasteiger partial charge in [0.25, 0.3) is 5.91 Å². The smallest absolute Gasteiger partial charge is 0.271 e. The van der Waals surface area contributed by atoms with Crippen molar-refractivity contribution >= 4 is 34.7 Å². The number of morpholine rings is 1. The fourth-order valence-electron chi connectivity index (χ4n) is 2.88. The molecule has 3 aromatic rings. The molecule has 8 heteroatoms. The van der Waals surface area contributed by atoms with Gasteiger partial charge in [-0.05, 0) is 23.8 Å². The first-order valence-electron chi connectivity index (χ1n) is 8.96. The Morgan fingerprint density at radius 2 is 1.96 bits per heavy atom. The van der Waals surface area contributed by atoms with Gasteiger partial charge in [-0.3, -0.25) is 4.79 Å². The van der Waals surface area contributed by atoms with Crippen molar-refractivity contribution in [2.45, 2.75) is 6.54 Å². The predicted octanol–water partition coefficient (Wildman–Crippen LogP) is 3.63. The maximum absolute atomic E-state index is 12.4. The minimum Gasteiger partial charge on any atom is -0.378 e. The molecule has 0 radical (unpaired) electrons. The van der Waals surface area contributed by atoms with Gasteiger partial charge in [-0.25, -0.2) is 9.97 Å². The van der Waals surface area contributed by atoms with Crippen molar-refractivity contribution < 1.29 is 9.53 Å². The fraction of sp³-hybridized carbons (Fsp3) is 0.250. The standard InChI is InChI=1S/C20H19ClN4O2S/c21-16-4-2-15(3-5-16)20-24-17(13-28-20)19(26)23-12-14-1-6-18(22-11-14)25-7-9-27-10-8-25/h1-6,11,13H,7-10,12H2,(H,23,26). The largest absolute Gasteiger partial charge is 0.378 e. The van der Waals surface area contributed by atoms with Crippen molar-refractivity contribution in [2.75, 3.05) is 31.2 Å². The number of thiazole rings is 1. The molecule has 0 aliphatic carbocycles. The van der Waals surface area contributed by atoms with Gasteiger partial charge in [-0.15, -0.1) is 11.3 Å². The normalized spacial score (nSPS) is 14.1. The molecule has 1 saturated heterocycles. The van der Waals surface area contributed by atoms with Crippen molar-refractivity contribution in [3.05, 3.63) is 64.3 Å². The Bertz CT molecular complexity index is 938. The zero-order valence-corrected chi connectivity index (χ0v) is 16.7. The quantitative estimate of drug-likeness (QED) is 0.690. The summed E-state index contributed by atoms with van der Waals surface area (Å²) in [6, 6.07) is 11.4. The van der Waals surface area contributed by atoms with Gasteiger partial charge >= 0.3 is 0 Å². The fourth-order valence-corrected chi connectivity index (χ4v) is 3.81. The summed E-state index contributed by atoms with van der Waals surface area (Å²) in [7, 11) is 0. The summed E-state index contributed by atoms with van der Waals surface area (Å²) in [6.45, 7) is 3.56. The van der Waals surface area contributed by atoms with E-state index >= 15 is 0 Å². The van der Waals surface area contributed by atoms with E-state index in [1.807, 2.05) is 36.4 Å². The van der Waals surface area contributed by atoms with Crippen molar-refractivity contribution in [2.24, 2.45) is 0 Å². The molecule has 1 amide bonds. The molecule has 4 rings (SSSR count). The van der Waals surface area contributed by atoms with Gasteiger partial charge in [0, 0.05) is 41.8 Å². The molecule has 0 bridgehead atoms. The average molecular weight is 415 g/mol. The minimum atomic E-state index is -0.200. The molecular weight excluding hydrogens is 396 g/mol. The summed E-state index contributed by atoms with van der Waals surface area (Å²) >= 11 is 7.35.